The Balaban J connectivity index is 0.000000806. The minimum atomic E-state index is -0.250. The third kappa shape index (κ3) is 4.28. The average Bonchev–Trinajstić information content (AvgIpc) is 2.71. The molecule has 8 heteroatoms. The standard InChI is InChI=1S/C21H26N4O2.CH2O2/c1-14-6-5-9-22-20(14)21(27)24-11-15-10-16(12-24)18(13-23(2)3)25-17(15)7-4-8-19(25)26;2-1-3/h4-9,15-16,18H,10-13H2,1-3H3;1H,(H,2,3)/t15-,16+,18+;/m1./s1. The fraction of sp³-hybridized carbons (Fsp3) is 0.455. The summed E-state index contributed by atoms with van der Waals surface area (Å²) in [5.41, 5.74) is 2.56. The average molecular weight is 412 g/mol. The molecule has 2 aromatic heterocycles. The molecule has 0 saturated carbocycles. The molecule has 1 saturated heterocycles. The lowest BCUT2D eigenvalue weighted by atomic mass is 9.78. The van der Waals surface area contributed by atoms with Crippen molar-refractivity contribution in [2.24, 2.45) is 5.92 Å². The van der Waals surface area contributed by atoms with Gasteiger partial charge in [-0.15, -0.1) is 0 Å². The van der Waals surface area contributed by atoms with Crippen LogP contribution in [0.2, 0.25) is 0 Å². The van der Waals surface area contributed by atoms with Gasteiger partial charge in [0, 0.05) is 43.5 Å². The van der Waals surface area contributed by atoms with E-state index < -0.39 is 0 Å². The third-order valence-electron chi connectivity index (χ3n) is 5.85. The van der Waals surface area contributed by atoms with Crippen molar-refractivity contribution in [3.8, 4) is 0 Å². The zero-order valence-corrected chi connectivity index (χ0v) is 17.6. The first-order valence-electron chi connectivity index (χ1n) is 10.0. The highest BCUT2D eigenvalue weighted by Gasteiger charge is 2.42. The van der Waals surface area contributed by atoms with E-state index in [1.165, 1.54) is 0 Å². The van der Waals surface area contributed by atoms with E-state index in [0.29, 0.717) is 18.8 Å². The summed E-state index contributed by atoms with van der Waals surface area (Å²) in [7, 11) is 4.06. The van der Waals surface area contributed by atoms with Crippen molar-refractivity contribution < 1.29 is 14.7 Å². The Morgan fingerprint density at radius 1 is 1.27 bits per heavy atom. The summed E-state index contributed by atoms with van der Waals surface area (Å²) < 4.78 is 1.98. The number of rotatable bonds is 3. The Morgan fingerprint density at radius 2 is 2.00 bits per heavy atom. The molecule has 0 aromatic carbocycles. The van der Waals surface area contributed by atoms with Crippen LogP contribution in [-0.2, 0) is 4.79 Å². The maximum Gasteiger partial charge on any atom is 0.290 e. The molecule has 1 amide bonds. The van der Waals surface area contributed by atoms with Gasteiger partial charge in [-0.25, -0.2) is 0 Å². The Labute approximate surface area is 175 Å². The highest BCUT2D eigenvalue weighted by atomic mass is 16.3. The van der Waals surface area contributed by atoms with Crippen LogP contribution in [0.15, 0.2) is 41.3 Å². The number of carbonyl (C=O) groups is 2. The second kappa shape index (κ2) is 9.21. The highest BCUT2D eigenvalue weighted by molar-refractivity contribution is 5.93. The number of carboxylic acid groups (broad SMARTS) is 1. The Hall–Kier alpha value is -3.00. The molecule has 0 radical (unpaired) electrons. The van der Waals surface area contributed by atoms with Gasteiger partial charge in [-0.3, -0.25) is 19.4 Å². The first-order chi connectivity index (χ1) is 14.4. The van der Waals surface area contributed by atoms with E-state index >= 15 is 0 Å². The van der Waals surface area contributed by atoms with Crippen molar-refractivity contribution in [2.75, 3.05) is 33.7 Å². The summed E-state index contributed by atoms with van der Waals surface area (Å²) >= 11 is 0. The normalized spacial score (nSPS) is 22.0. The van der Waals surface area contributed by atoms with Gasteiger partial charge in [-0.05, 0) is 51.1 Å². The molecule has 1 fully saturated rings. The predicted molar refractivity (Wildman–Crippen MR) is 113 cm³/mol. The molecule has 0 spiro atoms. The van der Waals surface area contributed by atoms with E-state index in [0.717, 1.165) is 24.2 Å². The fourth-order valence-electron chi connectivity index (χ4n) is 4.68. The minimum Gasteiger partial charge on any atom is -0.483 e. The van der Waals surface area contributed by atoms with E-state index in [2.05, 4.69) is 9.88 Å². The van der Waals surface area contributed by atoms with E-state index in [-0.39, 0.29) is 35.8 Å². The molecule has 2 aliphatic heterocycles. The summed E-state index contributed by atoms with van der Waals surface area (Å²) in [6, 6.07) is 9.39. The maximum atomic E-state index is 13.1. The Kier molecular flexibility index (Phi) is 6.66. The molecule has 30 heavy (non-hydrogen) atoms. The van der Waals surface area contributed by atoms with Gasteiger partial charge < -0.3 is 19.5 Å². The van der Waals surface area contributed by atoms with Gasteiger partial charge in [-0.2, -0.15) is 0 Å². The summed E-state index contributed by atoms with van der Waals surface area (Å²) in [6.07, 6.45) is 2.70. The third-order valence-corrected chi connectivity index (χ3v) is 5.85. The molecule has 1 N–H and O–H groups in total. The number of nitrogens with zero attached hydrogens (tertiary/aromatic N) is 4. The van der Waals surface area contributed by atoms with Crippen molar-refractivity contribution in [2.45, 2.75) is 25.3 Å². The van der Waals surface area contributed by atoms with Crippen molar-refractivity contribution in [1.82, 2.24) is 19.4 Å². The van der Waals surface area contributed by atoms with Crippen LogP contribution >= 0.6 is 0 Å². The summed E-state index contributed by atoms with van der Waals surface area (Å²) in [4.78, 5) is 42.5. The lowest BCUT2D eigenvalue weighted by Gasteiger charge is -2.47. The number of aromatic nitrogens is 2. The largest absolute Gasteiger partial charge is 0.483 e. The predicted octanol–water partition coefficient (Wildman–Crippen LogP) is 1.61. The fourth-order valence-corrected chi connectivity index (χ4v) is 4.68. The molecule has 2 aromatic rings. The van der Waals surface area contributed by atoms with Crippen LogP contribution in [-0.4, -0.2) is 70.6 Å². The van der Waals surface area contributed by atoms with Crippen LogP contribution in [0.3, 0.4) is 0 Å². The van der Waals surface area contributed by atoms with Crippen LogP contribution in [0.25, 0.3) is 0 Å². The second-order valence-corrected chi connectivity index (χ2v) is 8.17. The Morgan fingerprint density at radius 3 is 2.67 bits per heavy atom. The smallest absolute Gasteiger partial charge is 0.290 e. The molecular formula is C22H28N4O4. The first kappa shape index (κ1) is 21.7. The van der Waals surface area contributed by atoms with Crippen molar-refractivity contribution in [3.63, 3.8) is 0 Å². The molecule has 0 unspecified atom stereocenters. The molecule has 160 valence electrons. The van der Waals surface area contributed by atoms with Crippen LogP contribution in [0.1, 0.15) is 40.1 Å². The monoisotopic (exact) mass is 412 g/mol. The summed E-state index contributed by atoms with van der Waals surface area (Å²) in [5, 5.41) is 6.89. The van der Waals surface area contributed by atoms with Gasteiger partial charge in [0.15, 0.2) is 0 Å². The number of hydrogen-bond acceptors (Lipinski definition) is 5. The highest BCUT2D eigenvalue weighted by Crippen LogP contribution is 2.41. The molecular weight excluding hydrogens is 384 g/mol. The van der Waals surface area contributed by atoms with E-state index in [1.54, 1.807) is 12.3 Å². The van der Waals surface area contributed by atoms with Gasteiger partial charge >= 0.3 is 0 Å². The van der Waals surface area contributed by atoms with Crippen LogP contribution < -0.4 is 5.56 Å². The van der Waals surface area contributed by atoms with Crippen molar-refractivity contribution in [3.05, 3.63) is 63.8 Å². The van der Waals surface area contributed by atoms with Crippen LogP contribution in [0.5, 0.6) is 0 Å². The van der Waals surface area contributed by atoms with E-state index in [1.807, 2.05) is 54.8 Å². The lowest BCUT2D eigenvalue weighted by Crippen LogP contribution is -2.53. The first-order valence-corrected chi connectivity index (χ1v) is 10.0. The number of hydrogen-bond donors (Lipinski definition) is 1. The van der Waals surface area contributed by atoms with Gasteiger partial charge in [-0.1, -0.05) is 12.1 Å². The minimum absolute atomic E-state index is 0.00173. The number of piperidine rings is 1. The number of aryl methyl sites for hydroxylation is 1. The number of amides is 1. The number of pyridine rings is 2. The maximum absolute atomic E-state index is 13.1. The second-order valence-electron chi connectivity index (χ2n) is 8.17. The molecule has 2 aliphatic rings. The van der Waals surface area contributed by atoms with Crippen molar-refractivity contribution in [1.29, 1.82) is 0 Å². The number of carbonyl (C=O) groups excluding carboxylic acids is 1. The zero-order valence-electron chi connectivity index (χ0n) is 17.6. The van der Waals surface area contributed by atoms with Gasteiger partial charge in [0.25, 0.3) is 17.9 Å². The zero-order chi connectivity index (χ0) is 21.8. The van der Waals surface area contributed by atoms with Gasteiger partial charge in [0.05, 0.1) is 6.04 Å². The molecule has 4 heterocycles. The Bertz CT molecular complexity index is 972. The summed E-state index contributed by atoms with van der Waals surface area (Å²) in [6.45, 7) is 3.78. The molecule has 8 nitrogen and oxygen atoms in total. The molecule has 4 rings (SSSR count). The van der Waals surface area contributed by atoms with Crippen molar-refractivity contribution >= 4 is 12.4 Å². The topological polar surface area (TPSA) is 95.7 Å². The SMILES string of the molecule is Cc1cccnc1C(=O)N1C[C@H]2C[C@@H](C1)[C@H](CN(C)C)n1c2cccc1=O.O=CO. The number of likely N-dealkylation sites (tertiary alicyclic amines) is 1. The molecule has 0 aliphatic carbocycles. The number of fused-ring (bicyclic) bond motifs is 4. The summed E-state index contributed by atoms with van der Waals surface area (Å²) in [5.74, 6) is 0.467. The van der Waals surface area contributed by atoms with Crippen LogP contribution in [0, 0.1) is 12.8 Å². The number of likely N-dealkylation sites (N-methyl/N-ethyl adjacent to an activating group) is 1. The van der Waals surface area contributed by atoms with Gasteiger partial charge in [0.2, 0.25) is 0 Å². The van der Waals surface area contributed by atoms with Gasteiger partial charge in [0.1, 0.15) is 5.69 Å². The van der Waals surface area contributed by atoms with Crippen LogP contribution in [0.4, 0.5) is 0 Å². The quantitative estimate of drug-likeness (QED) is 0.770. The molecule has 2 bridgehead atoms. The lowest BCUT2D eigenvalue weighted by molar-refractivity contribution is -0.122. The molecule has 3 atom stereocenters. The van der Waals surface area contributed by atoms with E-state index in [9.17, 15) is 9.59 Å². The van der Waals surface area contributed by atoms with E-state index in [4.69, 9.17) is 9.90 Å².